The maximum Gasteiger partial charge on any atom is 0.414 e. The molecular weight excluding hydrogens is 454 g/mol. The maximum atomic E-state index is 12.3. The van der Waals surface area contributed by atoms with E-state index in [0.29, 0.717) is 41.4 Å². The van der Waals surface area contributed by atoms with Gasteiger partial charge in [0.2, 0.25) is 0 Å². The van der Waals surface area contributed by atoms with E-state index in [-0.39, 0.29) is 11.7 Å². The van der Waals surface area contributed by atoms with Crippen LogP contribution in [0, 0.1) is 0 Å². The second-order valence-corrected chi connectivity index (χ2v) is 7.12. The van der Waals surface area contributed by atoms with Crippen molar-refractivity contribution in [2.24, 2.45) is 0 Å². The number of hydrogen-bond donors (Lipinski definition) is 3. The van der Waals surface area contributed by atoms with Gasteiger partial charge in [-0.1, -0.05) is 23.7 Å². The highest BCUT2D eigenvalue weighted by Crippen LogP contribution is 2.30. The van der Waals surface area contributed by atoms with E-state index in [1.807, 2.05) is 0 Å². The van der Waals surface area contributed by atoms with E-state index in [1.165, 1.54) is 0 Å². The van der Waals surface area contributed by atoms with Crippen LogP contribution in [0.3, 0.4) is 0 Å². The molecule has 3 rings (SSSR count). The number of benzene rings is 1. The first-order valence-corrected chi connectivity index (χ1v) is 9.77. The highest BCUT2D eigenvalue weighted by atomic mass is 79.9. The number of carbonyl (C=O) groups excluding carboxylic acids is 2. The molecule has 9 nitrogen and oxygen atoms in total. The summed E-state index contributed by atoms with van der Waals surface area (Å²) in [6.07, 6.45) is -0.635. The average molecular weight is 473 g/mol. The van der Waals surface area contributed by atoms with Crippen LogP contribution in [0.25, 0.3) is 0 Å². The summed E-state index contributed by atoms with van der Waals surface area (Å²) in [5, 5.41) is 12.1. The van der Waals surface area contributed by atoms with Gasteiger partial charge < -0.3 is 20.1 Å². The lowest BCUT2D eigenvalue weighted by Crippen LogP contribution is -2.41. The molecule has 11 heteroatoms. The van der Waals surface area contributed by atoms with Gasteiger partial charge in [-0.2, -0.15) is 0 Å². The van der Waals surface area contributed by atoms with Crippen molar-refractivity contribution in [1.29, 1.82) is 0 Å². The number of nitrogens with one attached hydrogen (secondary N) is 3. The monoisotopic (exact) mass is 471 g/mol. The van der Waals surface area contributed by atoms with Gasteiger partial charge in [0.25, 0.3) is 11.8 Å². The largest absolute Gasteiger partial charge is 0.414 e. The molecule has 0 unspecified atom stereocenters. The molecule has 1 aromatic carbocycles. The number of morpholine rings is 1. The smallest absolute Gasteiger partial charge is 0.388 e. The van der Waals surface area contributed by atoms with E-state index >= 15 is 0 Å². The molecular formula is C17H19BrClN5O4. The summed E-state index contributed by atoms with van der Waals surface area (Å²) in [4.78, 5) is 26.5. The van der Waals surface area contributed by atoms with Gasteiger partial charge in [-0.3, -0.25) is 14.8 Å². The third-order valence-electron chi connectivity index (χ3n) is 4.02. The number of rotatable bonds is 6. The van der Waals surface area contributed by atoms with Crippen LogP contribution < -0.4 is 15.4 Å². The minimum atomic E-state index is -0.635. The van der Waals surface area contributed by atoms with Gasteiger partial charge in [-0.05, 0) is 28.1 Å². The van der Waals surface area contributed by atoms with Crippen LogP contribution >= 0.6 is 27.5 Å². The van der Waals surface area contributed by atoms with Gasteiger partial charge in [0.1, 0.15) is 10.3 Å². The first kappa shape index (κ1) is 20.6. The van der Waals surface area contributed by atoms with Crippen LogP contribution in [0.15, 0.2) is 28.7 Å². The molecule has 3 N–H and O–H groups in total. The van der Waals surface area contributed by atoms with E-state index in [0.717, 1.165) is 13.1 Å². The Balaban J connectivity index is 1.50. The molecule has 150 valence electrons. The average Bonchev–Trinajstić information content (AvgIpc) is 3.02. The molecule has 0 saturated carbocycles. The van der Waals surface area contributed by atoms with E-state index < -0.39 is 12.0 Å². The zero-order valence-corrected chi connectivity index (χ0v) is 17.2. The van der Waals surface area contributed by atoms with Crippen LogP contribution in [0.5, 0.6) is 5.88 Å². The van der Waals surface area contributed by atoms with E-state index in [2.05, 4.69) is 41.7 Å². The van der Waals surface area contributed by atoms with Crippen molar-refractivity contribution < 1.29 is 19.1 Å². The van der Waals surface area contributed by atoms with Crippen molar-refractivity contribution >= 4 is 45.3 Å². The second-order valence-electron chi connectivity index (χ2n) is 5.92. The quantitative estimate of drug-likeness (QED) is 0.596. The molecule has 0 bridgehead atoms. The lowest BCUT2D eigenvalue weighted by Gasteiger charge is -2.26. The number of aromatic nitrogens is 2. The molecule has 1 fully saturated rings. The van der Waals surface area contributed by atoms with Gasteiger partial charge in [-0.25, -0.2) is 4.79 Å². The summed E-state index contributed by atoms with van der Waals surface area (Å²) in [7, 11) is 0. The lowest BCUT2D eigenvalue weighted by molar-refractivity contribution is 0.0385. The van der Waals surface area contributed by atoms with Gasteiger partial charge in [0, 0.05) is 26.2 Å². The number of carbonyl (C=O) groups is 2. The van der Waals surface area contributed by atoms with Gasteiger partial charge in [-0.15, -0.1) is 5.10 Å². The Kier molecular flexibility index (Phi) is 7.26. The molecule has 0 radical (unpaired) electrons. The second kappa shape index (κ2) is 9.87. The van der Waals surface area contributed by atoms with Gasteiger partial charge >= 0.3 is 6.09 Å². The molecule has 28 heavy (non-hydrogen) atoms. The number of hydrogen-bond acceptors (Lipinski definition) is 6. The lowest BCUT2D eigenvalue weighted by atomic mass is 10.2. The molecule has 2 amide bonds. The number of halogens is 2. The SMILES string of the molecule is O=C(NCCN1CCOCC1)Oc1n[nH]c(NC(=O)c2ccccc2Cl)c1Br. The van der Waals surface area contributed by atoms with Gasteiger partial charge in [0.15, 0.2) is 0 Å². The van der Waals surface area contributed by atoms with Crippen LogP contribution in [-0.4, -0.2) is 66.5 Å². The minimum absolute atomic E-state index is 0.0123. The molecule has 1 saturated heterocycles. The third-order valence-corrected chi connectivity index (χ3v) is 5.09. The Morgan fingerprint density at radius 1 is 1.32 bits per heavy atom. The van der Waals surface area contributed by atoms with Crippen LogP contribution in [0.2, 0.25) is 5.02 Å². The van der Waals surface area contributed by atoms with Crippen molar-refractivity contribution in [1.82, 2.24) is 20.4 Å². The fourth-order valence-electron chi connectivity index (χ4n) is 2.55. The van der Waals surface area contributed by atoms with Crippen LogP contribution in [0.4, 0.5) is 10.6 Å². The highest BCUT2D eigenvalue weighted by molar-refractivity contribution is 9.10. The summed E-state index contributed by atoms with van der Waals surface area (Å²) in [6, 6.07) is 6.66. The normalized spacial score (nSPS) is 14.5. The predicted octanol–water partition coefficient (Wildman–Crippen LogP) is 2.50. The number of anilines is 1. The Hall–Kier alpha value is -2.14. The third kappa shape index (κ3) is 5.44. The highest BCUT2D eigenvalue weighted by Gasteiger charge is 2.19. The predicted molar refractivity (Wildman–Crippen MR) is 107 cm³/mol. The van der Waals surface area contributed by atoms with Crippen molar-refractivity contribution in [2.45, 2.75) is 0 Å². The molecule has 1 aromatic heterocycles. The first-order valence-electron chi connectivity index (χ1n) is 8.60. The minimum Gasteiger partial charge on any atom is -0.388 e. The van der Waals surface area contributed by atoms with Crippen LogP contribution in [-0.2, 0) is 4.74 Å². The summed E-state index contributed by atoms with van der Waals surface area (Å²) >= 11 is 9.28. The van der Waals surface area contributed by atoms with E-state index in [1.54, 1.807) is 24.3 Å². The fourth-order valence-corrected chi connectivity index (χ4v) is 3.13. The van der Waals surface area contributed by atoms with Crippen molar-refractivity contribution in [3.63, 3.8) is 0 Å². The fraction of sp³-hybridized carbons (Fsp3) is 0.353. The van der Waals surface area contributed by atoms with Crippen molar-refractivity contribution in [3.05, 3.63) is 39.3 Å². The Morgan fingerprint density at radius 2 is 2.07 bits per heavy atom. The first-order chi connectivity index (χ1) is 13.5. The Bertz CT molecular complexity index is 841. The molecule has 0 spiro atoms. The number of ether oxygens (including phenoxy) is 2. The molecule has 0 aliphatic carbocycles. The zero-order chi connectivity index (χ0) is 19.9. The summed E-state index contributed by atoms with van der Waals surface area (Å²) in [6.45, 7) is 4.24. The number of H-pyrrole nitrogens is 1. The Labute approximate surface area is 174 Å². The molecule has 0 atom stereocenters. The molecule has 1 aliphatic heterocycles. The Morgan fingerprint density at radius 3 is 2.82 bits per heavy atom. The number of nitrogens with zero attached hydrogens (tertiary/aromatic N) is 2. The summed E-state index contributed by atoms with van der Waals surface area (Å²) in [5.41, 5.74) is 0.314. The molecule has 2 heterocycles. The van der Waals surface area contributed by atoms with E-state index in [4.69, 9.17) is 21.1 Å². The number of aromatic amines is 1. The van der Waals surface area contributed by atoms with Crippen LogP contribution in [0.1, 0.15) is 10.4 Å². The van der Waals surface area contributed by atoms with Crippen molar-refractivity contribution in [3.8, 4) is 5.88 Å². The summed E-state index contributed by atoms with van der Waals surface area (Å²) < 4.78 is 10.8. The maximum absolute atomic E-state index is 12.3. The van der Waals surface area contributed by atoms with Gasteiger partial charge in [0.05, 0.1) is 23.8 Å². The molecule has 1 aliphatic rings. The zero-order valence-electron chi connectivity index (χ0n) is 14.8. The number of amides is 2. The molecule has 2 aromatic rings. The van der Waals surface area contributed by atoms with Crippen molar-refractivity contribution in [2.75, 3.05) is 44.7 Å². The van der Waals surface area contributed by atoms with E-state index in [9.17, 15) is 9.59 Å². The standard InChI is InChI=1S/C17H19BrClN5O4/c18-13-14(21-15(25)11-3-1-2-4-12(11)19)22-23-16(13)28-17(26)20-5-6-24-7-9-27-10-8-24/h1-4H,5-10H2,(H,20,26)(H2,21,22,23,25). The summed E-state index contributed by atoms with van der Waals surface area (Å²) in [5.74, 6) is -0.157. The topological polar surface area (TPSA) is 109 Å².